The van der Waals surface area contributed by atoms with Crippen molar-refractivity contribution in [3.63, 3.8) is 0 Å². The van der Waals surface area contributed by atoms with Gasteiger partial charge in [0, 0.05) is 12.5 Å². The Labute approximate surface area is 100 Å². The summed E-state index contributed by atoms with van der Waals surface area (Å²) in [5.41, 5.74) is 0.679. The minimum atomic E-state index is -0.621. The van der Waals surface area contributed by atoms with E-state index in [0.29, 0.717) is 12.2 Å². The molecule has 0 bridgehead atoms. The van der Waals surface area contributed by atoms with E-state index in [1.807, 2.05) is 0 Å². The largest absolute Gasteiger partial charge is 0.494 e. The lowest BCUT2D eigenvalue weighted by atomic mass is 9.91. The predicted molar refractivity (Wildman–Crippen MR) is 61.5 cm³/mol. The van der Waals surface area contributed by atoms with Crippen LogP contribution in [0.5, 0.6) is 5.75 Å². The molecular weight excluding hydrogens is 223 g/mol. The minimum absolute atomic E-state index is 0.0823. The van der Waals surface area contributed by atoms with Crippen LogP contribution in [0.2, 0.25) is 0 Å². The zero-order valence-electron chi connectivity index (χ0n) is 9.86. The van der Waals surface area contributed by atoms with Crippen LogP contribution in [0.25, 0.3) is 0 Å². The fourth-order valence-corrected chi connectivity index (χ4v) is 2.15. The van der Waals surface area contributed by atoms with Crippen molar-refractivity contribution in [2.45, 2.75) is 18.9 Å². The molecule has 2 rings (SSSR count). The SMILES string of the molecule is COc1cc(C(O)C2CCCOC2)ccc1F. The molecule has 1 N–H and O–H groups in total. The molecule has 2 atom stereocenters. The van der Waals surface area contributed by atoms with Gasteiger partial charge in [0.05, 0.1) is 19.8 Å². The average molecular weight is 240 g/mol. The molecule has 3 nitrogen and oxygen atoms in total. The quantitative estimate of drug-likeness (QED) is 0.881. The van der Waals surface area contributed by atoms with Crippen LogP contribution in [0, 0.1) is 11.7 Å². The van der Waals surface area contributed by atoms with E-state index in [1.54, 1.807) is 12.1 Å². The van der Waals surface area contributed by atoms with Gasteiger partial charge in [-0.1, -0.05) is 6.07 Å². The van der Waals surface area contributed by atoms with Crippen molar-refractivity contribution in [2.24, 2.45) is 5.92 Å². The Balaban J connectivity index is 2.15. The van der Waals surface area contributed by atoms with Gasteiger partial charge in [-0.3, -0.25) is 0 Å². The highest BCUT2D eigenvalue weighted by molar-refractivity contribution is 5.31. The summed E-state index contributed by atoms with van der Waals surface area (Å²) in [4.78, 5) is 0. The second-order valence-corrected chi connectivity index (χ2v) is 4.32. The molecule has 4 heteroatoms. The smallest absolute Gasteiger partial charge is 0.165 e. The molecule has 1 heterocycles. The summed E-state index contributed by atoms with van der Waals surface area (Å²) in [6, 6.07) is 4.47. The predicted octanol–water partition coefficient (Wildman–Crippen LogP) is 2.29. The third-order valence-electron chi connectivity index (χ3n) is 3.16. The second kappa shape index (κ2) is 5.47. The Morgan fingerprint density at radius 1 is 1.53 bits per heavy atom. The number of methoxy groups -OCH3 is 1. The fraction of sp³-hybridized carbons (Fsp3) is 0.538. The number of aliphatic hydroxyl groups is 1. The first-order chi connectivity index (χ1) is 8.22. The maximum atomic E-state index is 13.2. The average Bonchev–Trinajstić information content (AvgIpc) is 2.39. The number of hydrogen-bond donors (Lipinski definition) is 1. The van der Waals surface area contributed by atoms with Gasteiger partial charge in [-0.2, -0.15) is 0 Å². The van der Waals surface area contributed by atoms with Crippen LogP contribution >= 0.6 is 0 Å². The summed E-state index contributed by atoms with van der Waals surface area (Å²) in [5, 5.41) is 10.2. The lowest BCUT2D eigenvalue weighted by molar-refractivity contribution is -0.0100. The summed E-state index contributed by atoms with van der Waals surface area (Å²) in [6.45, 7) is 1.32. The van der Waals surface area contributed by atoms with Gasteiger partial charge in [-0.25, -0.2) is 4.39 Å². The van der Waals surface area contributed by atoms with Crippen molar-refractivity contribution in [2.75, 3.05) is 20.3 Å². The molecule has 1 fully saturated rings. The first-order valence-corrected chi connectivity index (χ1v) is 5.81. The van der Waals surface area contributed by atoms with E-state index >= 15 is 0 Å². The van der Waals surface area contributed by atoms with Crippen LogP contribution in [-0.4, -0.2) is 25.4 Å². The highest BCUT2D eigenvalue weighted by Crippen LogP contribution is 2.31. The van der Waals surface area contributed by atoms with Crippen molar-refractivity contribution in [3.8, 4) is 5.75 Å². The maximum absolute atomic E-state index is 13.2. The molecular formula is C13H17FO3. The summed E-state index contributed by atoms with van der Waals surface area (Å²) >= 11 is 0. The van der Waals surface area contributed by atoms with E-state index in [2.05, 4.69) is 0 Å². The van der Waals surface area contributed by atoms with Gasteiger partial charge in [0.25, 0.3) is 0 Å². The maximum Gasteiger partial charge on any atom is 0.165 e. The monoisotopic (exact) mass is 240 g/mol. The molecule has 1 aliphatic heterocycles. The molecule has 1 aromatic carbocycles. The van der Waals surface area contributed by atoms with E-state index in [4.69, 9.17) is 9.47 Å². The first kappa shape index (κ1) is 12.3. The molecule has 1 aliphatic rings. The molecule has 0 aliphatic carbocycles. The van der Waals surface area contributed by atoms with E-state index in [1.165, 1.54) is 13.2 Å². The van der Waals surface area contributed by atoms with Crippen LogP contribution < -0.4 is 4.74 Å². The molecule has 17 heavy (non-hydrogen) atoms. The number of aliphatic hydroxyl groups excluding tert-OH is 1. The van der Waals surface area contributed by atoms with E-state index in [9.17, 15) is 9.50 Å². The standard InChI is InChI=1S/C13H17FO3/c1-16-12-7-9(4-5-11(12)14)13(15)10-3-2-6-17-8-10/h4-5,7,10,13,15H,2-3,6,8H2,1H3. The molecule has 0 saturated carbocycles. The highest BCUT2D eigenvalue weighted by atomic mass is 19.1. The number of halogens is 1. The van der Waals surface area contributed by atoms with Crippen molar-refractivity contribution >= 4 is 0 Å². The van der Waals surface area contributed by atoms with Crippen LogP contribution in [0.3, 0.4) is 0 Å². The summed E-state index contributed by atoms with van der Waals surface area (Å²) < 4.78 is 23.5. The van der Waals surface area contributed by atoms with Gasteiger partial charge in [0.2, 0.25) is 0 Å². The highest BCUT2D eigenvalue weighted by Gasteiger charge is 2.24. The normalized spacial score (nSPS) is 22.2. The molecule has 0 radical (unpaired) electrons. The van der Waals surface area contributed by atoms with Gasteiger partial charge >= 0.3 is 0 Å². The van der Waals surface area contributed by atoms with Gasteiger partial charge in [0.1, 0.15) is 0 Å². The van der Waals surface area contributed by atoms with E-state index in [-0.39, 0.29) is 11.7 Å². The van der Waals surface area contributed by atoms with Crippen LogP contribution in [0.15, 0.2) is 18.2 Å². The molecule has 2 unspecified atom stereocenters. The summed E-state index contributed by atoms with van der Waals surface area (Å²) in [6.07, 6.45) is 1.27. The second-order valence-electron chi connectivity index (χ2n) is 4.32. The zero-order valence-corrected chi connectivity index (χ0v) is 9.86. The minimum Gasteiger partial charge on any atom is -0.494 e. The van der Waals surface area contributed by atoms with Gasteiger partial charge < -0.3 is 14.6 Å². The van der Waals surface area contributed by atoms with Crippen molar-refractivity contribution in [3.05, 3.63) is 29.6 Å². The third kappa shape index (κ3) is 2.76. The van der Waals surface area contributed by atoms with Crippen molar-refractivity contribution < 1.29 is 19.0 Å². The Kier molecular flexibility index (Phi) is 3.97. The van der Waals surface area contributed by atoms with Gasteiger partial charge in [-0.15, -0.1) is 0 Å². The van der Waals surface area contributed by atoms with Crippen molar-refractivity contribution in [1.82, 2.24) is 0 Å². The number of benzene rings is 1. The van der Waals surface area contributed by atoms with Crippen LogP contribution in [0.1, 0.15) is 24.5 Å². The topological polar surface area (TPSA) is 38.7 Å². The van der Waals surface area contributed by atoms with Gasteiger partial charge in [0.15, 0.2) is 11.6 Å². The van der Waals surface area contributed by atoms with E-state index in [0.717, 1.165) is 19.4 Å². The number of hydrogen-bond acceptors (Lipinski definition) is 3. The zero-order chi connectivity index (χ0) is 12.3. The van der Waals surface area contributed by atoms with Crippen LogP contribution in [-0.2, 0) is 4.74 Å². The Hall–Kier alpha value is -1.13. The Morgan fingerprint density at radius 3 is 3.00 bits per heavy atom. The molecule has 0 aromatic heterocycles. The van der Waals surface area contributed by atoms with E-state index < -0.39 is 11.9 Å². The number of rotatable bonds is 3. The fourth-order valence-electron chi connectivity index (χ4n) is 2.15. The Morgan fingerprint density at radius 2 is 2.35 bits per heavy atom. The number of ether oxygens (including phenoxy) is 2. The lowest BCUT2D eigenvalue weighted by Gasteiger charge is -2.27. The first-order valence-electron chi connectivity index (χ1n) is 5.81. The molecule has 1 saturated heterocycles. The molecule has 94 valence electrons. The summed E-state index contributed by atoms with van der Waals surface area (Å²) in [5.74, 6) is -0.166. The van der Waals surface area contributed by atoms with Crippen molar-refractivity contribution in [1.29, 1.82) is 0 Å². The van der Waals surface area contributed by atoms with Gasteiger partial charge in [-0.05, 0) is 30.5 Å². The molecule has 1 aromatic rings. The molecule has 0 amide bonds. The third-order valence-corrected chi connectivity index (χ3v) is 3.16. The molecule has 0 spiro atoms. The summed E-state index contributed by atoms with van der Waals surface area (Å²) in [7, 11) is 1.41. The lowest BCUT2D eigenvalue weighted by Crippen LogP contribution is -2.23. The van der Waals surface area contributed by atoms with Crippen LogP contribution in [0.4, 0.5) is 4.39 Å². The Bertz CT molecular complexity index is 375.